The van der Waals surface area contributed by atoms with Crippen LogP contribution in [0.2, 0.25) is 0 Å². The van der Waals surface area contributed by atoms with Crippen LogP contribution in [0.25, 0.3) is 0 Å². The molecule has 0 aromatic carbocycles. The van der Waals surface area contributed by atoms with Gasteiger partial charge in [-0.15, -0.1) is 0 Å². The molecule has 6 heteroatoms. The topological polar surface area (TPSA) is 69.1 Å². The second kappa shape index (κ2) is 9.23. The van der Waals surface area contributed by atoms with Gasteiger partial charge in [-0.1, -0.05) is 13.8 Å². The molecule has 0 amide bonds. The number of nitrogens with zero attached hydrogens (tertiary/aromatic N) is 2. The van der Waals surface area contributed by atoms with Crippen LogP contribution in [0.5, 0.6) is 0 Å². The zero-order valence-corrected chi connectivity index (χ0v) is 14.0. The lowest BCUT2D eigenvalue weighted by atomic mass is 10.1. The fourth-order valence-corrected chi connectivity index (χ4v) is 2.18. The summed E-state index contributed by atoms with van der Waals surface area (Å²) in [6, 6.07) is 0. The van der Waals surface area contributed by atoms with Gasteiger partial charge in [-0.3, -0.25) is 9.89 Å². The Bertz CT molecular complexity index is 313. The summed E-state index contributed by atoms with van der Waals surface area (Å²) < 4.78 is 5.33. The summed E-state index contributed by atoms with van der Waals surface area (Å²) in [5.74, 6) is 1.33. The Hall–Kier alpha value is -0.850. The molecule has 1 fully saturated rings. The highest BCUT2D eigenvalue weighted by Gasteiger charge is 2.25. The van der Waals surface area contributed by atoms with Crippen molar-refractivity contribution in [3.63, 3.8) is 0 Å². The average molecular weight is 300 g/mol. The molecule has 1 atom stereocenters. The first kappa shape index (κ1) is 18.2. The lowest BCUT2D eigenvalue weighted by Gasteiger charge is -2.33. The van der Waals surface area contributed by atoms with E-state index in [1.54, 1.807) is 0 Å². The fourth-order valence-electron chi connectivity index (χ4n) is 2.18. The van der Waals surface area contributed by atoms with Gasteiger partial charge in [0.2, 0.25) is 0 Å². The molecule has 0 radical (unpaired) electrons. The van der Waals surface area contributed by atoms with E-state index in [0.29, 0.717) is 19.0 Å². The lowest BCUT2D eigenvalue weighted by Crippen LogP contribution is -2.48. The van der Waals surface area contributed by atoms with E-state index in [0.717, 1.165) is 45.4 Å². The number of guanidine groups is 1. The number of hydrogen-bond donors (Lipinski definition) is 3. The maximum Gasteiger partial charge on any atom is 0.191 e. The highest BCUT2D eigenvalue weighted by Crippen LogP contribution is 2.09. The molecule has 1 aliphatic heterocycles. The van der Waals surface area contributed by atoms with Crippen molar-refractivity contribution in [2.24, 2.45) is 10.9 Å². The number of morpholine rings is 1. The van der Waals surface area contributed by atoms with Crippen LogP contribution in [0.3, 0.4) is 0 Å². The smallest absolute Gasteiger partial charge is 0.191 e. The zero-order chi connectivity index (χ0) is 15.7. The van der Waals surface area contributed by atoms with E-state index in [1.165, 1.54) is 0 Å². The Morgan fingerprint density at radius 2 is 2.00 bits per heavy atom. The van der Waals surface area contributed by atoms with Crippen LogP contribution in [-0.2, 0) is 4.74 Å². The average Bonchev–Trinajstić information content (AvgIpc) is 2.42. The number of rotatable bonds is 7. The third-order valence-corrected chi connectivity index (χ3v) is 3.27. The van der Waals surface area contributed by atoms with Crippen LogP contribution >= 0.6 is 0 Å². The van der Waals surface area contributed by atoms with E-state index in [1.807, 2.05) is 13.8 Å². The highest BCUT2D eigenvalue weighted by molar-refractivity contribution is 5.79. The molecule has 0 aromatic rings. The van der Waals surface area contributed by atoms with Crippen molar-refractivity contribution in [3.8, 4) is 0 Å². The van der Waals surface area contributed by atoms with E-state index in [9.17, 15) is 5.11 Å². The van der Waals surface area contributed by atoms with Crippen molar-refractivity contribution in [2.45, 2.75) is 33.3 Å². The van der Waals surface area contributed by atoms with Gasteiger partial charge in [-0.2, -0.15) is 0 Å². The largest absolute Gasteiger partial charge is 0.387 e. The molecule has 1 rings (SSSR count). The maximum absolute atomic E-state index is 10.5. The van der Waals surface area contributed by atoms with Crippen molar-refractivity contribution >= 4 is 5.96 Å². The Kier molecular flexibility index (Phi) is 8.00. The van der Waals surface area contributed by atoms with Gasteiger partial charge < -0.3 is 20.5 Å². The molecule has 124 valence electrons. The van der Waals surface area contributed by atoms with Crippen LogP contribution < -0.4 is 10.6 Å². The number of aliphatic hydroxyl groups is 1. The fraction of sp³-hybridized carbons (Fsp3) is 0.933. The summed E-state index contributed by atoms with van der Waals surface area (Å²) >= 11 is 0. The number of ether oxygens (including phenoxy) is 1. The quantitative estimate of drug-likeness (QED) is 0.465. The molecule has 6 nitrogen and oxygen atoms in total. The van der Waals surface area contributed by atoms with Crippen LogP contribution in [0.4, 0.5) is 0 Å². The predicted molar refractivity (Wildman–Crippen MR) is 86.7 cm³/mol. The Labute approximate surface area is 129 Å². The molecule has 1 saturated heterocycles. The van der Waals surface area contributed by atoms with E-state index >= 15 is 0 Å². The normalized spacial score (nSPS) is 20.4. The van der Waals surface area contributed by atoms with Gasteiger partial charge in [0.05, 0.1) is 25.4 Å². The standard InChI is InChI=1S/C15H32N4O2/c1-5-16-14(17-10-13(2)3)18-11-15(4,20)12-19-6-8-21-9-7-19/h13,20H,5-12H2,1-4H3,(H2,16,17,18). The first-order chi connectivity index (χ1) is 9.93. The maximum atomic E-state index is 10.5. The number of hydrogen-bond acceptors (Lipinski definition) is 4. The number of nitrogens with one attached hydrogen (secondary N) is 2. The monoisotopic (exact) mass is 300 g/mol. The molecule has 0 saturated carbocycles. The van der Waals surface area contributed by atoms with E-state index in [4.69, 9.17) is 4.74 Å². The van der Waals surface area contributed by atoms with Crippen LogP contribution in [0, 0.1) is 5.92 Å². The molecule has 0 aromatic heterocycles. The minimum atomic E-state index is -0.822. The Balaban J connectivity index is 2.46. The molecular formula is C15H32N4O2. The molecule has 1 unspecified atom stereocenters. The van der Waals surface area contributed by atoms with Gasteiger partial charge in [0.15, 0.2) is 5.96 Å². The Morgan fingerprint density at radius 3 is 2.57 bits per heavy atom. The molecule has 3 N–H and O–H groups in total. The zero-order valence-electron chi connectivity index (χ0n) is 14.0. The summed E-state index contributed by atoms with van der Waals surface area (Å²) in [5, 5.41) is 17.0. The van der Waals surface area contributed by atoms with Crippen molar-refractivity contribution in [3.05, 3.63) is 0 Å². The van der Waals surface area contributed by atoms with Crippen molar-refractivity contribution in [1.82, 2.24) is 15.5 Å². The molecule has 0 spiro atoms. The van der Waals surface area contributed by atoms with Gasteiger partial charge in [0.25, 0.3) is 0 Å². The van der Waals surface area contributed by atoms with Crippen LogP contribution in [0.15, 0.2) is 4.99 Å². The number of β-amino-alcohol motifs (C(OH)–C–C–N with tert-alkyl or cyclic N) is 1. The first-order valence-corrected chi connectivity index (χ1v) is 7.97. The molecule has 21 heavy (non-hydrogen) atoms. The first-order valence-electron chi connectivity index (χ1n) is 7.97. The molecule has 1 heterocycles. The Morgan fingerprint density at radius 1 is 1.33 bits per heavy atom. The molecular weight excluding hydrogens is 268 g/mol. The highest BCUT2D eigenvalue weighted by atomic mass is 16.5. The minimum absolute atomic E-state index is 0.387. The summed E-state index contributed by atoms with van der Waals surface area (Å²) in [5.41, 5.74) is -0.822. The predicted octanol–water partition coefficient (Wildman–Crippen LogP) is 0.281. The summed E-state index contributed by atoms with van der Waals surface area (Å²) in [6.07, 6.45) is 0. The van der Waals surface area contributed by atoms with Crippen LogP contribution in [0.1, 0.15) is 27.7 Å². The van der Waals surface area contributed by atoms with Crippen molar-refractivity contribution in [2.75, 3.05) is 52.5 Å². The van der Waals surface area contributed by atoms with Crippen LogP contribution in [-0.4, -0.2) is 74.0 Å². The van der Waals surface area contributed by atoms with Gasteiger partial charge in [0, 0.05) is 32.7 Å². The number of aliphatic imine (C=N–C) groups is 1. The molecule has 0 bridgehead atoms. The second-order valence-corrected chi connectivity index (χ2v) is 6.36. The van der Waals surface area contributed by atoms with E-state index < -0.39 is 5.60 Å². The summed E-state index contributed by atoms with van der Waals surface area (Å²) in [7, 11) is 0. The van der Waals surface area contributed by atoms with Crippen molar-refractivity contribution < 1.29 is 9.84 Å². The molecule has 1 aliphatic rings. The van der Waals surface area contributed by atoms with Crippen molar-refractivity contribution in [1.29, 1.82) is 0 Å². The van der Waals surface area contributed by atoms with Gasteiger partial charge in [-0.25, -0.2) is 0 Å². The van der Waals surface area contributed by atoms with E-state index in [2.05, 4.69) is 34.4 Å². The molecule has 0 aliphatic carbocycles. The summed E-state index contributed by atoms with van der Waals surface area (Å²) in [6.45, 7) is 14.2. The minimum Gasteiger partial charge on any atom is -0.387 e. The lowest BCUT2D eigenvalue weighted by molar-refractivity contribution is -0.0179. The van der Waals surface area contributed by atoms with Gasteiger partial charge in [-0.05, 0) is 19.8 Å². The van der Waals surface area contributed by atoms with Gasteiger partial charge >= 0.3 is 0 Å². The second-order valence-electron chi connectivity index (χ2n) is 6.36. The third-order valence-electron chi connectivity index (χ3n) is 3.27. The SMILES string of the molecule is CCNC(=NCC(C)(O)CN1CCOCC1)NCC(C)C. The van der Waals surface area contributed by atoms with E-state index in [-0.39, 0.29) is 0 Å². The van der Waals surface area contributed by atoms with Gasteiger partial charge in [0.1, 0.15) is 0 Å². The summed E-state index contributed by atoms with van der Waals surface area (Å²) in [4.78, 5) is 6.74. The third kappa shape index (κ3) is 8.24.